The van der Waals surface area contributed by atoms with Crippen molar-refractivity contribution in [1.82, 2.24) is 15.5 Å². The minimum Gasteiger partial charge on any atom is -0.353 e. The largest absolute Gasteiger partial charge is 0.353 e. The van der Waals surface area contributed by atoms with Crippen LogP contribution in [0.25, 0.3) is 0 Å². The van der Waals surface area contributed by atoms with Crippen LogP contribution in [-0.4, -0.2) is 40.9 Å². The summed E-state index contributed by atoms with van der Waals surface area (Å²) in [5, 5.41) is 5.67. The van der Waals surface area contributed by atoms with Crippen LogP contribution in [0.3, 0.4) is 0 Å². The minimum absolute atomic E-state index is 0.0215. The maximum absolute atomic E-state index is 12.0. The molecule has 0 radical (unpaired) electrons. The van der Waals surface area contributed by atoms with Crippen LogP contribution in [0.5, 0.6) is 0 Å². The Morgan fingerprint density at radius 3 is 2.52 bits per heavy atom. The highest BCUT2D eigenvalue weighted by Crippen LogP contribution is 2.18. The fourth-order valence-electron chi connectivity index (χ4n) is 2.97. The van der Waals surface area contributed by atoms with Gasteiger partial charge in [0.2, 0.25) is 5.91 Å². The number of imide groups is 1. The van der Waals surface area contributed by atoms with Gasteiger partial charge in [-0.15, -0.1) is 0 Å². The Labute approximate surface area is 125 Å². The highest BCUT2D eigenvalue weighted by molar-refractivity contribution is 6.06. The van der Waals surface area contributed by atoms with Crippen LogP contribution in [-0.2, 0) is 9.59 Å². The van der Waals surface area contributed by atoms with Gasteiger partial charge in [-0.1, -0.05) is 19.3 Å². The summed E-state index contributed by atoms with van der Waals surface area (Å²) in [7, 11) is 0. The molecule has 0 spiro atoms. The monoisotopic (exact) mass is 295 g/mol. The Balaban J connectivity index is 1.70. The van der Waals surface area contributed by atoms with Crippen LogP contribution in [0.15, 0.2) is 0 Å². The van der Waals surface area contributed by atoms with Gasteiger partial charge in [0, 0.05) is 19.0 Å². The van der Waals surface area contributed by atoms with E-state index in [1.54, 1.807) is 13.8 Å². The Morgan fingerprint density at radius 1 is 1.29 bits per heavy atom. The smallest absolute Gasteiger partial charge is 0.325 e. The second-order valence-electron chi connectivity index (χ2n) is 6.52. The second kappa shape index (κ2) is 6.45. The van der Waals surface area contributed by atoms with Gasteiger partial charge in [-0.3, -0.25) is 14.5 Å². The van der Waals surface area contributed by atoms with Crippen molar-refractivity contribution in [1.29, 1.82) is 0 Å². The van der Waals surface area contributed by atoms with Gasteiger partial charge in [0.1, 0.15) is 5.54 Å². The zero-order valence-corrected chi connectivity index (χ0v) is 12.9. The SMILES string of the molecule is CC1(C)NC(=O)N(CCCC(=O)NC2CCCCC2)C1=O. The molecule has 1 heterocycles. The van der Waals surface area contributed by atoms with Crippen molar-refractivity contribution in [2.75, 3.05) is 6.54 Å². The lowest BCUT2D eigenvalue weighted by atomic mass is 9.95. The van der Waals surface area contributed by atoms with E-state index >= 15 is 0 Å². The summed E-state index contributed by atoms with van der Waals surface area (Å²) >= 11 is 0. The number of nitrogens with zero attached hydrogens (tertiary/aromatic N) is 1. The van der Waals surface area contributed by atoms with Gasteiger partial charge in [-0.25, -0.2) is 4.79 Å². The van der Waals surface area contributed by atoms with Crippen LogP contribution in [0, 0.1) is 0 Å². The molecule has 0 unspecified atom stereocenters. The Bertz CT molecular complexity index is 428. The van der Waals surface area contributed by atoms with E-state index in [1.165, 1.54) is 24.2 Å². The molecule has 0 aromatic heterocycles. The summed E-state index contributed by atoms with van der Waals surface area (Å²) in [5.74, 6) is -0.201. The first-order chi connectivity index (χ1) is 9.90. The van der Waals surface area contributed by atoms with E-state index in [4.69, 9.17) is 0 Å². The van der Waals surface area contributed by atoms with E-state index in [9.17, 15) is 14.4 Å². The van der Waals surface area contributed by atoms with Gasteiger partial charge in [0.15, 0.2) is 0 Å². The fourth-order valence-corrected chi connectivity index (χ4v) is 2.97. The zero-order chi connectivity index (χ0) is 15.5. The van der Waals surface area contributed by atoms with Crippen molar-refractivity contribution in [3.63, 3.8) is 0 Å². The number of nitrogens with one attached hydrogen (secondary N) is 2. The molecule has 2 fully saturated rings. The van der Waals surface area contributed by atoms with Gasteiger partial charge in [0.25, 0.3) is 5.91 Å². The standard InChI is InChI=1S/C15H25N3O3/c1-15(2)13(20)18(14(21)17-15)10-6-9-12(19)16-11-7-4-3-5-8-11/h11H,3-10H2,1-2H3,(H,16,19)(H,17,21). The molecule has 2 N–H and O–H groups in total. The van der Waals surface area contributed by atoms with Crippen LogP contribution in [0.2, 0.25) is 0 Å². The molecule has 0 atom stereocenters. The summed E-state index contributed by atoms with van der Waals surface area (Å²) in [6.07, 6.45) is 6.61. The predicted molar refractivity (Wildman–Crippen MR) is 78.6 cm³/mol. The van der Waals surface area contributed by atoms with E-state index in [1.807, 2.05) is 0 Å². The highest BCUT2D eigenvalue weighted by Gasteiger charge is 2.43. The minimum atomic E-state index is -0.832. The van der Waals surface area contributed by atoms with Crippen LogP contribution in [0.4, 0.5) is 4.79 Å². The topological polar surface area (TPSA) is 78.5 Å². The summed E-state index contributed by atoms with van der Waals surface area (Å²) in [6.45, 7) is 3.66. The molecular weight excluding hydrogens is 270 g/mol. The average Bonchev–Trinajstić information content (AvgIpc) is 2.61. The Kier molecular flexibility index (Phi) is 4.85. The molecule has 6 heteroatoms. The Hall–Kier alpha value is -1.59. The quantitative estimate of drug-likeness (QED) is 0.755. The summed E-state index contributed by atoms with van der Waals surface area (Å²) < 4.78 is 0. The average molecular weight is 295 g/mol. The molecular formula is C15H25N3O3. The predicted octanol–water partition coefficient (Wildman–Crippen LogP) is 1.55. The Morgan fingerprint density at radius 2 is 1.95 bits per heavy atom. The van der Waals surface area contributed by atoms with Crippen LogP contribution < -0.4 is 10.6 Å². The van der Waals surface area contributed by atoms with E-state index in [-0.39, 0.29) is 17.8 Å². The normalized spacial score (nSPS) is 22.3. The maximum atomic E-state index is 12.0. The van der Waals surface area contributed by atoms with Crippen molar-refractivity contribution < 1.29 is 14.4 Å². The molecule has 2 rings (SSSR count). The van der Waals surface area contributed by atoms with E-state index in [0.29, 0.717) is 25.4 Å². The van der Waals surface area contributed by atoms with Gasteiger partial charge in [0.05, 0.1) is 0 Å². The lowest BCUT2D eigenvalue weighted by Gasteiger charge is -2.23. The molecule has 6 nitrogen and oxygen atoms in total. The first-order valence-corrected chi connectivity index (χ1v) is 7.83. The molecule has 1 aliphatic carbocycles. The number of carbonyl (C=O) groups is 3. The van der Waals surface area contributed by atoms with Gasteiger partial charge in [-0.05, 0) is 33.1 Å². The number of urea groups is 1. The van der Waals surface area contributed by atoms with Crippen LogP contribution in [0.1, 0.15) is 58.8 Å². The number of amides is 4. The maximum Gasteiger partial charge on any atom is 0.325 e. The number of carbonyl (C=O) groups excluding carboxylic acids is 3. The van der Waals surface area contributed by atoms with Crippen molar-refractivity contribution in [2.24, 2.45) is 0 Å². The molecule has 0 aromatic carbocycles. The third kappa shape index (κ3) is 3.95. The fraction of sp³-hybridized carbons (Fsp3) is 0.800. The molecule has 0 bridgehead atoms. The molecule has 0 aromatic rings. The van der Waals surface area contributed by atoms with E-state index in [0.717, 1.165) is 12.8 Å². The van der Waals surface area contributed by atoms with Gasteiger partial charge in [-0.2, -0.15) is 0 Å². The summed E-state index contributed by atoms with van der Waals surface area (Å²) in [6, 6.07) is -0.0559. The lowest BCUT2D eigenvalue weighted by molar-refractivity contribution is -0.130. The van der Waals surface area contributed by atoms with Gasteiger partial charge >= 0.3 is 6.03 Å². The number of hydrogen-bond acceptors (Lipinski definition) is 3. The summed E-state index contributed by atoms with van der Waals surface area (Å²) in [5.41, 5.74) is -0.832. The second-order valence-corrected chi connectivity index (χ2v) is 6.52. The number of hydrogen-bond donors (Lipinski definition) is 2. The van der Waals surface area contributed by atoms with Crippen molar-refractivity contribution in [3.05, 3.63) is 0 Å². The lowest BCUT2D eigenvalue weighted by Crippen LogP contribution is -2.40. The third-order valence-corrected chi connectivity index (χ3v) is 4.20. The molecule has 2 aliphatic rings. The first-order valence-electron chi connectivity index (χ1n) is 7.83. The summed E-state index contributed by atoms with van der Waals surface area (Å²) in [4.78, 5) is 36.7. The van der Waals surface area contributed by atoms with Crippen LogP contribution >= 0.6 is 0 Å². The molecule has 1 saturated carbocycles. The zero-order valence-electron chi connectivity index (χ0n) is 12.9. The van der Waals surface area contributed by atoms with Crippen molar-refractivity contribution >= 4 is 17.8 Å². The third-order valence-electron chi connectivity index (χ3n) is 4.20. The van der Waals surface area contributed by atoms with Gasteiger partial charge < -0.3 is 10.6 Å². The number of rotatable bonds is 5. The molecule has 21 heavy (non-hydrogen) atoms. The molecule has 4 amide bonds. The van der Waals surface area contributed by atoms with Crippen molar-refractivity contribution in [2.45, 2.75) is 70.4 Å². The molecule has 118 valence electrons. The van der Waals surface area contributed by atoms with E-state index < -0.39 is 5.54 Å². The molecule has 1 aliphatic heterocycles. The van der Waals surface area contributed by atoms with Crippen molar-refractivity contribution in [3.8, 4) is 0 Å². The highest BCUT2D eigenvalue weighted by atomic mass is 16.2. The van der Waals surface area contributed by atoms with E-state index in [2.05, 4.69) is 10.6 Å². The first kappa shape index (κ1) is 15.8. The molecule has 1 saturated heterocycles.